The van der Waals surface area contributed by atoms with Gasteiger partial charge in [0.1, 0.15) is 5.75 Å². The van der Waals surface area contributed by atoms with E-state index in [2.05, 4.69) is 0 Å². The Morgan fingerprint density at radius 2 is 1.59 bits per heavy atom. The minimum Gasteiger partial charge on any atom is -0.497 e. The Kier molecular flexibility index (Phi) is 7.75. The maximum Gasteiger partial charge on any atom is 0.320 e. The molecule has 0 atom stereocenters. The summed E-state index contributed by atoms with van der Waals surface area (Å²) in [6.45, 7) is 3.87. The van der Waals surface area contributed by atoms with Crippen LogP contribution in [0, 0.1) is 5.92 Å². The van der Waals surface area contributed by atoms with Gasteiger partial charge in [0.2, 0.25) is 0 Å². The van der Waals surface area contributed by atoms with E-state index in [-0.39, 0.29) is 19.6 Å². The van der Waals surface area contributed by atoms with Gasteiger partial charge in [-0.15, -0.1) is 0 Å². The molecule has 0 saturated heterocycles. The zero-order chi connectivity index (χ0) is 16.4. The highest BCUT2D eigenvalue weighted by Crippen LogP contribution is 2.15. The third-order valence-corrected chi connectivity index (χ3v) is 2.94. The predicted octanol–water partition coefficient (Wildman–Crippen LogP) is 2.84. The van der Waals surface area contributed by atoms with Crippen LogP contribution in [0.15, 0.2) is 30.3 Å². The van der Waals surface area contributed by atoms with Crippen molar-refractivity contribution in [2.24, 2.45) is 5.92 Å². The zero-order valence-electron chi connectivity index (χ0n) is 13.2. The maximum absolute atomic E-state index is 11.8. The lowest BCUT2D eigenvalue weighted by Crippen LogP contribution is -2.27. The van der Waals surface area contributed by atoms with Gasteiger partial charge >= 0.3 is 11.9 Å². The lowest BCUT2D eigenvalue weighted by atomic mass is 10.0. The van der Waals surface area contributed by atoms with Gasteiger partial charge in [0.05, 0.1) is 20.3 Å². The summed E-state index contributed by atoms with van der Waals surface area (Å²) >= 11 is 0. The van der Waals surface area contributed by atoms with Gasteiger partial charge in [0, 0.05) is 0 Å². The summed E-state index contributed by atoms with van der Waals surface area (Å²) in [6, 6.07) is 7.46. The molecule has 5 heteroatoms. The molecule has 5 nitrogen and oxygen atoms in total. The standard InChI is InChI=1S/C17H22O5/c1-4-21-16(18)15(17(19)22-5-2)8-6-7-13-9-11-14(20-3)12-10-13/h6-7,9-12,15H,4-5,8H2,1-3H3/b7-6+. The van der Waals surface area contributed by atoms with Gasteiger partial charge in [-0.3, -0.25) is 9.59 Å². The quantitative estimate of drug-likeness (QED) is 0.546. The normalized spacial score (nSPS) is 10.7. The molecule has 1 aromatic rings. The van der Waals surface area contributed by atoms with E-state index in [9.17, 15) is 9.59 Å². The molecule has 0 radical (unpaired) electrons. The number of carbonyl (C=O) groups is 2. The van der Waals surface area contributed by atoms with E-state index in [1.807, 2.05) is 30.3 Å². The molecule has 0 aliphatic carbocycles. The van der Waals surface area contributed by atoms with Gasteiger partial charge in [-0.05, 0) is 38.0 Å². The molecule has 0 aliphatic heterocycles. The number of carbonyl (C=O) groups excluding carboxylic acids is 2. The number of methoxy groups -OCH3 is 1. The second kappa shape index (κ2) is 9.60. The first kappa shape index (κ1) is 17.8. The van der Waals surface area contributed by atoms with Crippen molar-refractivity contribution in [3.05, 3.63) is 35.9 Å². The largest absolute Gasteiger partial charge is 0.497 e. The van der Waals surface area contributed by atoms with E-state index < -0.39 is 17.9 Å². The number of hydrogen-bond acceptors (Lipinski definition) is 5. The number of hydrogen-bond donors (Lipinski definition) is 0. The van der Waals surface area contributed by atoms with Gasteiger partial charge in [0.25, 0.3) is 0 Å². The van der Waals surface area contributed by atoms with Crippen molar-refractivity contribution >= 4 is 18.0 Å². The Hall–Kier alpha value is -2.30. The minimum absolute atomic E-state index is 0.233. The van der Waals surface area contributed by atoms with Gasteiger partial charge in [0.15, 0.2) is 5.92 Å². The highest BCUT2D eigenvalue weighted by atomic mass is 16.6. The van der Waals surface area contributed by atoms with Crippen LogP contribution in [0.25, 0.3) is 6.08 Å². The Balaban J connectivity index is 2.69. The molecule has 0 aromatic heterocycles. The van der Waals surface area contributed by atoms with Crippen molar-refractivity contribution in [1.29, 1.82) is 0 Å². The monoisotopic (exact) mass is 306 g/mol. The highest BCUT2D eigenvalue weighted by Gasteiger charge is 2.28. The van der Waals surface area contributed by atoms with Crippen LogP contribution in [0.4, 0.5) is 0 Å². The molecule has 0 unspecified atom stereocenters. The molecule has 0 bridgehead atoms. The Morgan fingerprint density at radius 1 is 1.05 bits per heavy atom. The summed E-state index contributed by atoms with van der Waals surface area (Å²) in [7, 11) is 1.61. The fourth-order valence-electron chi connectivity index (χ4n) is 1.83. The van der Waals surface area contributed by atoms with Crippen LogP contribution in [0.2, 0.25) is 0 Å². The second-order valence-corrected chi connectivity index (χ2v) is 4.47. The van der Waals surface area contributed by atoms with E-state index >= 15 is 0 Å². The second-order valence-electron chi connectivity index (χ2n) is 4.47. The molecule has 0 N–H and O–H groups in total. The number of benzene rings is 1. The fraction of sp³-hybridized carbons (Fsp3) is 0.412. The van der Waals surface area contributed by atoms with Gasteiger partial charge in [-0.1, -0.05) is 24.3 Å². The molecular formula is C17H22O5. The molecule has 0 amide bonds. The van der Waals surface area contributed by atoms with Crippen molar-refractivity contribution < 1.29 is 23.8 Å². The van der Waals surface area contributed by atoms with Crippen molar-refractivity contribution in [1.82, 2.24) is 0 Å². The van der Waals surface area contributed by atoms with Crippen molar-refractivity contribution in [2.75, 3.05) is 20.3 Å². The first-order chi connectivity index (χ1) is 10.6. The van der Waals surface area contributed by atoms with Crippen molar-refractivity contribution in [3.8, 4) is 5.75 Å². The molecule has 0 saturated carbocycles. The Morgan fingerprint density at radius 3 is 2.05 bits per heavy atom. The molecule has 0 aliphatic rings. The van der Waals surface area contributed by atoms with E-state index in [1.54, 1.807) is 27.0 Å². The molecule has 120 valence electrons. The van der Waals surface area contributed by atoms with Crippen LogP contribution in [-0.4, -0.2) is 32.3 Å². The maximum atomic E-state index is 11.8. The predicted molar refractivity (Wildman–Crippen MR) is 83.4 cm³/mol. The fourth-order valence-corrected chi connectivity index (χ4v) is 1.83. The van der Waals surface area contributed by atoms with Gasteiger partial charge in [-0.25, -0.2) is 0 Å². The van der Waals surface area contributed by atoms with E-state index in [0.717, 1.165) is 11.3 Å². The summed E-state index contributed by atoms with van der Waals surface area (Å²) in [5.74, 6) is -1.26. The summed E-state index contributed by atoms with van der Waals surface area (Å²) in [5.41, 5.74) is 0.951. The average molecular weight is 306 g/mol. The number of allylic oxidation sites excluding steroid dienone is 1. The topological polar surface area (TPSA) is 61.8 Å². The van der Waals surface area contributed by atoms with Crippen LogP contribution >= 0.6 is 0 Å². The molecule has 1 aromatic carbocycles. The molecule has 0 heterocycles. The lowest BCUT2D eigenvalue weighted by molar-refractivity contribution is -0.161. The van der Waals surface area contributed by atoms with Crippen LogP contribution in [0.3, 0.4) is 0 Å². The Labute approximate surface area is 130 Å². The SMILES string of the molecule is CCOC(=O)C(C/C=C/c1ccc(OC)cc1)C(=O)OCC. The van der Waals surface area contributed by atoms with Crippen molar-refractivity contribution in [2.45, 2.75) is 20.3 Å². The summed E-state index contributed by atoms with van der Waals surface area (Å²) in [5, 5.41) is 0. The van der Waals surface area contributed by atoms with Crippen LogP contribution in [0.1, 0.15) is 25.8 Å². The highest BCUT2D eigenvalue weighted by molar-refractivity contribution is 5.95. The number of rotatable bonds is 8. The third-order valence-electron chi connectivity index (χ3n) is 2.94. The first-order valence-electron chi connectivity index (χ1n) is 7.26. The van der Waals surface area contributed by atoms with Gasteiger partial charge in [-0.2, -0.15) is 0 Å². The van der Waals surface area contributed by atoms with Crippen LogP contribution < -0.4 is 4.74 Å². The molecule has 0 fully saturated rings. The Bertz CT molecular complexity index is 486. The van der Waals surface area contributed by atoms with E-state index in [4.69, 9.17) is 14.2 Å². The van der Waals surface area contributed by atoms with E-state index in [0.29, 0.717) is 0 Å². The zero-order valence-corrected chi connectivity index (χ0v) is 13.2. The van der Waals surface area contributed by atoms with Crippen LogP contribution in [0.5, 0.6) is 5.75 Å². The summed E-state index contributed by atoms with van der Waals surface area (Å²) < 4.78 is 14.9. The summed E-state index contributed by atoms with van der Waals surface area (Å²) in [4.78, 5) is 23.6. The third kappa shape index (κ3) is 5.60. The average Bonchev–Trinajstić information content (AvgIpc) is 2.52. The smallest absolute Gasteiger partial charge is 0.320 e. The molecular weight excluding hydrogens is 284 g/mol. The number of esters is 2. The minimum atomic E-state index is -0.922. The van der Waals surface area contributed by atoms with Gasteiger partial charge < -0.3 is 14.2 Å². The van der Waals surface area contributed by atoms with Crippen LogP contribution in [-0.2, 0) is 19.1 Å². The first-order valence-corrected chi connectivity index (χ1v) is 7.26. The summed E-state index contributed by atoms with van der Waals surface area (Å²) in [6.07, 6.45) is 3.84. The van der Waals surface area contributed by atoms with E-state index in [1.165, 1.54) is 0 Å². The number of ether oxygens (including phenoxy) is 3. The lowest BCUT2D eigenvalue weighted by Gasteiger charge is -2.12. The molecule has 0 spiro atoms. The molecule has 22 heavy (non-hydrogen) atoms. The van der Waals surface area contributed by atoms with Crippen molar-refractivity contribution in [3.63, 3.8) is 0 Å². The molecule has 1 rings (SSSR count).